The molecule has 2 aromatic carbocycles. The number of amides is 1. The van der Waals surface area contributed by atoms with Gasteiger partial charge in [-0.1, -0.05) is 35.9 Å². The van der Waals surface area contributed by atoms with Gasteiger partial charge >= 0.3 is 0 Å². The van der Waals surface area contributed by atoms with Crippen LogP contribution in [0.1, 0.15) is 17.9 Å². The Morgan fingerprint density at radius 1 is 1.12 bits per heavy atom. The third-order valence-electron chi connectivity index (χ3n) is 3.91. The van der Waals surface area contributed by atoms with Crippen LogP contribution in [0.15, 0.2) is 59.1 Å². The molecule has 0 aliphatic carbocycles. The number of benzene rings is 2. The lowest BCUT2D eigenvalue weighted by atomic mass is 10.1. The minimum absolute atomic E-state index is 0.0791. The van der Waals surface area contributed by atoms with Crippen molar-refractivity contribution in [2.24, 2.45) is 0 Å². The number of hydrogen-bond donors (Lipinski definition) is 1. The smallest absolute Gasteiger partial charge is 0.220 e. The summed E-state index contributed by atoms with van der Waals surface area (Å²) in [5.74, 6) is 0.737. The second-order valence-corrected chi connectivity index (χ2v) is 6.23. The highest BCUT2D eigenvalue weighted by Gasteiger charge is 2.11. The molecular weight excluding hydrogens is 355 g/mol. The maximum atomic E-state index is 12.8. The quantitative estimate of drug-likeness (QED) is 0.667. The van der Waals surface area contributed by atoms with Crippen LogP contribution in [0.3, 0.4) is 0 Å². The van der Waals surface area contributed by atoms with Gasteiger partial charge in [-0.25, -0.2) is 9.37 Å². The highest BCUT2D eigenvalue weighted by atomic mass is 35.5. The third kappa shape index (κ3) is 4.92. The summed E-state index contributed by atoms with van der Waals surface area (Å²) < 4.78 is 18.5. The van der Waals surface area contributed by atoms with E-state index in [2.05, 4.69) is 10.3 Å². The van der Waals surface area contributed by atoms with E-state index in [1.165, 1.54) is 12.1 Å². The van der Waals surface area contributed by atoms with Gasteiger partial charge < -0.3 is 9.73 Å². The van der Waals surface area contributed by atoms with E-state index in [9.17, 15) is 9.18 Å². The van der Waals surface area contributed by atoms with Crippen LogP contribution < -0.4 is 5.32 Å². The van der Waals surface area contributed by atoms with Crippen LogP contribution in [-0.2, 0) is 17.6 Å². The largest absolute Gasteiger partial charge is 0.441 e. The third-order valence-corrected chi connectivity index (χ3v) is 4.24. The van der Waals surface area contributed by atoms with Gasteiger partial charge in [-0.3, -0.25) is 4.79 Å². The minimum Gasteiger partial charge on any atom is -0.441 e. The van der Waals surface area contributed by atoms with E-state index in [0.29, 0.717) is 36.1 Å². The fourth-order valence-corrected chi connectivity index (χ4v) is 2.75. The molecular formula is C20H18ClFN2O2. The minimum atomic E-state index is -0.264. The van der Waals surface area contributed by atoms with E-state index in [1.807, 2.05) is 18.2 Å². The van der Waals surface area contributed by atoms with Crippen LogP contribution in [-0.4, -0.2) is 17.4 Å². The second kappa shape index (κ2) is 8.63. The standard InChI is InChI=1S/C20H18ClFN2O2/c21-17-4-2-1-3-16(17)18-13-24-20(26-18)10-9-19(25)23-12-11-14-5-7-15(22)8-6-14/h1-8,13H,9-12H2,(H,23,25). The van der Waals surface area contributed by atoms with Crippen molar-refractivity contribution in [1.29, 1.82) is 0 Å². The highest BCUT2D eigenvalue weighted by Crippen LogP contribution is 2.28. The lowest BCUT2D eigenvalue weighted by Gasteiger charge is -2.04. The Balaban J connectivity index is 1.45. The number of nitrogens with zero attached hydrogens (tertiary/aromatic N) is 1. The fourth-order valence-electron chi connectivity index (χ4n) is 2.52. The van der Waals surface area contributed by atoms with E-state index in [-0.39, 0.29) is 18.1 Å². The van der Waals surface area contributed by atoms with E-state index in [1.54, 1.807) is 24.4 Å². The van der Waals surface area contributed by atoms with Gasteiger partial charge in [0.2, 0.25) is 5.91 Å². The van der Waals surface area contributed by atoms with Gasteiger partial charge in [-0.15, -0.1) is 0 Å². The Labute approximate surface area is 156 Å². The number of carbonyl (C=O) groups is 1. The number of halogens is 2. The van der Waals surface area contributed by atoms with Crippen LogP contribution in [0.25, 0.3) is 11.3 Å². The molecule has 0 saturated heterocycles. The number of rotatable bonds is 7. The van der Waals surface area contributed by atoms with Gasteiger partial charge in [0, 0.05) is 24.9 Å². The summed E-state index contributed by atoms with van der Waals surface area (Å²) >= 11 is 6.14. The lowest BCUT2D eigenvalue weighted by Crippen LogP contribution is -2.25. The van der Waals surface area contributed by atoms with Crippen LogP contribution in [0.5, 0.6) is 0 Å². The number of hydrogen-bond acceptors (Lipinski definition) is 3. The SMILES string of the molecule is O=C(CCc1ncc(-c2ccccc2Cl)o1)NCCc1ccc(F)cc1. The van der Waals surface area contributed by atoms with Gasteiger partial charge in [0.25, 0.3) is 0 Å². The van der Waals surface area contributed by atoms with Crippen LogP contribution in [0.2, 0.25) is 5.02 Å². The molecule has 26 heavy (non-hydrogen) atoms. The topological polar surface area (TPSA) is 55.1 Å². The Morgan fingerprint density at radius 3 is 2.65 bits per heavy atom. The number of carbonyl (C=O) groups excluding carboxylic acids is 1. The molecule has 134 valence electrons. The number of aromatic nitrogens is 1. The van der Waals surface area contributed by atoms with Crippen molar-refractivity contribution < 1.29 is 13.6 Å². The van der Waals surface area contributed by atoms with Crippen molar-refractivity contribution in [3.63, 3.8) is 0 Å². The Morgan fingerprint density at radius 2 is 1.88 bits per heavy atom. The molecule has 0 saturated carbocycles. The van der Waals surface area contributed by atoms with Crippen LogP contribution >= 0.6 is 11.6 Å². The van der Waals surface area contributed by atoms with Crippen molar-refractivity contribution >= 4 is 17.5 Å². The molecule has 6 heteroatoms. The summed E-state index contributed by atoms with van der Waals surface area (Å²) in [6, 6.07) is 13.6. The van der Waals surface area contributed by atoms with Crippen molar-refractivity contribution in [2.45, 2.75) is 19.3 Å². The van der Waals surface area contributed by atoms with Gasteiger partial charge in [0.15, 0.2) is 11.7 Å². The van der Waals surface area contributed by atoms with Gasteiger partial charge in [0.05, 0.1) is 11.2 Å². The molecule has 1 heterocycles. The zero-order valence-corrected chi connectivity index (χ0v) is 14.8. The molecule has 1 N–H and O–H groups in total. The molecule has 0 aliphatic heterocycles. The van der Waals surface area contributed by atoms with E-state index in [4.69, 9.17) is 16.0 Å². The average Bonchev–Trinajstić information content (AvgIpc) is 3.11. The number of aryl methyl sites for hydroxylation is 1. The fraction of sp³-hybridized carbons (Fsp3) is 0.200. The van der Waals surface area contributed by atoms with Crippen molar-refractivity contribution in [3.8, 4) is 11.3 Å². The number of oxazole rings is 1. The molecule has 0 unspecified atom stereocenters. The molecule has 4 nitrogen and oxygen atoms in total. The Hall–Kier alpha value is -2.66. The second-order valence-electron chi connectivity index (χ2n) is 5.82. The first-order valence-electron chi connectivity index (χ1n) is 8.32. The summed E-state index contributed by atoms with van der Waals surface area (Å²) in [7, 11) is 0. The zero-order chi connectivity index (χ0) is 18.4. The van der Waals surface area contributed by atoms with Crippen LogP contribution in [0.4, 0.5) is 4.39 Å². The normalized spacial score (nSPS) is 10.7. The summed E-state index contributed by atoms with van der Waals surface area (Å²) in [6.45, 7) is 0.501. The van der Waals surface area contributed by atoms with Crippen LogP contribution in [0, 0.1) is 5.82 Å². The molecule has 3 aromatic rings. The molecule has 0 atom stereocenters. The van der Waals surface area contributed by atoms with Gasteiger partial charge in [-0.2, -0.15) is 0 Å². The predicted molar refractivity (Wildman–Crippen MR) is 98.4 cm³/mol. The summed E-state index contributed by atoms with van der Waals surface area (Å²) in [4.78, 5) is 16.1. The maximum absolute atomic E-state index is 12.8. The van der Waals surface area contributed by atoms with E-state index in [0.717, 1.165) is 11.1 Å². The number of nitrogens with one attached hydrogen (secondary N) is 1. The molecule has 3 rings (SSSR count). The average molecular weight is 373 g/mol. The lowest BCUT2D eigenvalue weighted by molar-refractivity contribution is -0.121. The molecule has 0 aliphatic rings. The van der Waals surface area contributed by atoms with Gasteiger partial charge in [0.1, 0.15) is 5.82 Å². The molecule has 1 aromatic heterocycles. The first-order valence-corrected chi connectivity index (χ1v) is 8.70. The molecule has 0 fully saturated rings. The maximum Gasteiger partial charge on any atom is 0.220 e. The first-order chi connectivity index (χ1) is 12.6. The summed E-state index contributed by atoms with van der Waals surface area (Å²) in [5, 5.41) is 3.43. The Bertz CT molecular complexity index is 878. The monoisotopic (exact) mass is 372 g/mol. The van der Waals surface area contributed by atoms with E-state index >= 15 is 0 Å². The molecule has 0 spiro atoms. The highest BCUT2D eigenvalue weighted by molar-refractivity contribution is 6.33. The van der Waals surface area contributed by atoms with Crippen molar-refractivity contribution in [1.82, 2.24) is 10.3 Å². The molecule has 0 bridgehead atoms. The summed E-state index contributed by atoms with van der Waals surface area (Å²) in [5.41, 5.74) is 1.75. The predicted octanol–water partition coefficient (Wildman–Crippen LogP) is 4.43. The summed E-state index contributed by atoms with van der Waals surface area (Å²) in [6.07, 6.45) is 2.96. The van der Waals surface area contributed by atoms with Gasteiger partial charge in [-0.05, 0) is 36.2 Å². The zero-order valence-electron chi connectivity index (χ0n) is 14.0. The van der Waals surface area contributed by atoms with Crippen molar-refractivity contribution in [3.05, 3.63) is 77.0 Å². The first kappa shape index (κ1) is 18.1. The Kier molecular flexibility index (Phi) is 6.02. The molecule has 1 amide bonds. The van der Waals surface area contributed by atoms with Crippen molar-refractivity contribution in [2.75, 3.05) is 6.54 Å². The van der Waals surface area contributed by atoms with E-state index < -0.39 is 0 Å². The molecule has 0 radical (unpaired) electrons.